The minimum atomic E-state index is -0.840. The largest absolute Gasteiger partial charge is 0.507 e. The van der Waals surface area contributed by atoms with E-state index >= 15 is 0 Å². The number of Topliss-reactive ketones (excluding diaryl/α,β-unsaturated/α-hetero) is 1. The molecule has 29 heavy (non-hydrogen) atoms. The highest BCUT2D eigenvalue weighted by Crippen LogP contribution is 2.40. The van der Waals surface area contributed by atoms with Crippen molar-refractivity contribution in [3.05, 3.63) is 94.2 Å². The van der Waals surface area contributed by atoms with Crippen LogP contribution in [0, 0.1) is 6.92 Å². The zero-order chi connectivity index (χ0) is 20.5. The molecule has 1 N–H and O–H groups in total. The van der Waals surface area contributed by atoms with Gasteiger partial charge in [0.2, 0.25) is 0 Å². The van der Waals surface area contributed by atoms with Crippen molar-refractivity contribution in [2.24, 2.45) is 0 Å². The SMILES string of the molecule is Cc1ccc(C2/C(=C(/O)c3ccc(Cl)cc3)C(=O)C(=O)N2Cc2ccncc2)o1. The number of pyridine rings is 1. The summed E-state index contributed by atoms with van der Waals surface area (Å²) in [5.41, 5.74) is 1.19. The maximum atomic E-state index is 12.9. The zero-order valence-corrected chi connectivity index (χ0v) is 16.3. The van der Waals surface area contributed by atoms with Crippen LogP contribution in [0.3, 0.4) is 0 Å². The minimum Gasteiger partial charge on any atom is -0.507 e. The molecule has 3 heterocycles. The first-order valence-corrected chi connectivity index (χ1v) is 9.33. The number of ketones is 1. The van der Waals surface area contributed by atoms with E-state index in [1.54, 1.807) is 67.8 Å². The Morgan fingerprint density at radius 2 is 1.79 bits per heavy atom. The molecule has 1 unspecified atom stereocenters. The number of likely N-dealkylation sites (tertiary alicyclic amines) is 1. The monoisotopic (exact) mass is 408 g/mol. The van der Waals surface area contributed by atoms with Gasteiger partial charge in [-0.25, -0.2) is 0 Å². The molecule has 3 aromatic rings. The Kier molecular flexibility index (Phi) is 4.94. The maximum Gasteiger partial charge on any atom is 0.296 e. The van der Waals surface area contributed by atoms with Crippen LogP contribution in [0.4, 0.5) is 0 Å². The average molecular weight is 409 g/mol. The van der Waals surface area contributed by atoms with E-state index in [9.17, 15) is 14.7 Å². The molecule has 1 saturated heterocycles. The summed E-state index contributed by atoms with van der Waals surface area (Å²) in [6.07, 6.45) is 3.23. The predicted octanol–water partition coefficient (Wildman–Crippen LogP) is 4.26. The first kappa shape index (κ1) is 19.0. The van der Waals surface area contributed by atoms with Crippen LogP contribution in [0.15, 0.2) is 70.9 Å². The van der Waals surface area contributed by atoms with Crippen LogP contribution >= 0.6 is 11.6 Å². The van der Waals surface area contributed by atoms with Crippen molar-refractivity contribution in [3.63, 3.8) is 0 Å². The fraction of sp³-hybridized carbons (Fsp3) is 0.136. The van der Waals surface area contributed by atoms with Gasteiger partial charge in [-0.1, -0.05) is 11.6 Å². The molecule has 0 spiro atoms. The molecule has 0 saturated carbocycles. The summed E-state index contributed by atoms with van der Waals surface area (Å²) in [6, 6.07) is 12.6. The number of carbonyl (C=O) groups excluding carboxylic acids is 2. The average Bonchev–Trinajstić information content (AvgIpc) is 3.25. The molecule has 2 aromatic heterocycles. The number of rotatable bonds is 4. The second-order valence-electron chi connectivity index (χ2n) is 6.74. The Labute approximate surface area is 172 Å². The highest BCUT2D eigenvalue weighted by molar-refractivity contribution is 6.46. The first-order chi connectivity index (χ1) is 14.0. The molecular formula is C22H17ClN2O4. The topological polar surface area (TPSA) is 83.6 Å². The van der Waals surface area contributed by atoms with E-state index in [1.165, 1.54) is 4.90 Å². The number of aromatic nitrogens is 1. The fourth-order valence-electron chi connectivity index (χ4n) is 3.39. The molecule has 4 rings (SSSR count). The van der Waals surface area contributed by atoms with Crippen molar-refractivity contribution in [1.29, 1.82) is 0 Å². The number of nitrogens with zero attached hydrogens (tertiary/aromatic N) is 2. The van der Waals surface area contributed by atoms with Gasteiger partial charge in [-0.05, 0) is 61.0 Å². The number of halogens is 1. The van der Waals surface area contributed by atoms with Crippen LogP contribution in [0.5, 0.6) is 0 Å². The molecule has 1 atom stereocenters. The number of furan rings is 1. The van der Waals surface area contributed by atoms with Crippen molar-refractivity contribution in [2.45, 2.75) is 19.5 Å². The number of aliphatic hydroxyl groups is 1. The smallest absolute Gasteiger partial charge is 0.296 e. The summed E-state index contributed by atoms with van der Waals surface area (Å²) in [7, 11) is 0. The highest BCUT2D eigenvalue weighted by atomic mass is 35.5. The second-order valence-corrected chi connectivity index (χ2v) is 7.17. The summed E-state index contributed by atoms with van der Waals surface area (Å²) in [6.45, 7) is 1.95. The van der Waals surface area contributed by atoms with E-state index < -0.39 is 17.7 Å². The molecule has 0 aliphatic carbocycles. The van der Waals surface area contributed by atoms with Crippen LogP contribution in [0.25, 0.3) is 5.76 Å². The van der Waals surface area contributed by atoms with E-state index in [-0.39, 0.29) is 17.9 Å². The van der Waals surface area contributed by atoms with Crippen molar-refractivity contribution in [1.82, 2.24) is 9.88 Å². The van der Waals surface area contributed by atoms with Crippen LogP contribution in [0.1, 0.15) is 28.7 Å². The third-order valence-corrected chi connectivity index (χ3v) is 5.04. The van der Waals surface area contributed by atoms with Gasteiger partial charge in [0.1, 0.15) is 23.3 Å². The quantitative estimate of drug-likeness (QED) is 0.396. The second kappa shape index (κ2) is 7.56. The van der Waals surface area contributed by atoms with Crippen LogP contribution in [0.2, 0.25) is 5.02 Å². The normalized spacial score (nSPS) is 18.4. The van der Waals surface area contributed by atoms with Gasteiger partial charge in [-0.2, -0.15) is 0 Å². The number of benzene rings is 1. The first-order valence-electron chi connectivity index (χ1n) is 8.95. The van der Waals surface area contributed by atoms with Crippen molar-refractivity contribution < 1.29 is 19.1 Å². The Hall–Kier alpha value is -3.38. The summed E-state index contributed by atoms with van der Waals surface area (Å²) in [5.74, 6) is -0.675. The Bertz CT molecular complexity index is 1100. The number of hydrogen-bond donors (Lipinski definition) is 1. The minimum absolute atomic E-state index is 0.0132. The van der Waals surface area contributed by atoms with Crippen LogP contribution < -0.4 is 0 Å². The number of aliphatic hydroxyl groups excluding tert-OH is 1. The Balaban J connectivity index is 1.84. The van der Waals surface area contributed by atoms with E-state index in [4.69, 9.17) is 16.0 Å². The number of aryl methyl sites for hydroxylation is 1. The lowest BCUT2D eigenvalue weighted by Gasteiger charge is -2.23. The van der Waals surface area contributed by atoms with Crippen LogP contribution in [-0.2, 0) is 16.1 Å². The van der Waals surface area contributed by atoms with E-state index in [0.717, 1.165) is 5.56 Å². The molecule has 1 aliphatic heterocycles. The lowest BCUT2D eigenvalue weighted by molar-refractivity contribution is -0.140. The third-order valence-electron chi connectivity index (χ3n) is 4.79. The number of hydrogen-bond acceptors (Lipinski definition) is 5. The van der Waals surface area contributed by atoms with Crippen molar-refractivity contribution in [2.75, 3.05) is 0 Å². The summed E-state index contributed by atoms with van der Waals surface area (Å²) in [5, 5.41) is 11.4. The Morgan fingerprint density at radius 3 is 2.41 bits per heavy atom. The molecular weight excluding hydrogens is 392 g/mol. The van der Waals surface area contributed by atoms with Gasteiger partial charge < -0.3 is 14.4 Å². The maximum absolute atomic E-state index is 12.9. The zero-order valence-electron chi connectivity index (χ0n) is 15.5. The standard InChI is InChI=1S/C22H17ClN2O4/c1-13-2-7-17(29-13)19-18(20(26)15-3-5-16(23)6-4-15)21(27)22(28)25(19)12-14-8-10-24-11-9-14/h2-11,19,26H,12H2,1H3/b20-18-. The molecule has 1 amide bonds. The van der Waals surface area contributed by atoms with Crippen LogP contribution in [-0.4, -0.2) is 26.7 Å². The van der Waals surface area contributed by atoms with Crippen molar-refractivity contribution in [3.8, 4) is 0 Å². The molecule has 7 heteroatoms. The molecule has 1 aromatic carbocycles. The molecule has 1 aliphatic rings. The van der Waals surface area contributed by atoms with Gasteiger partial charge in [0.15, 0.2) is 0 Å². The lowest BCUT2D eigenvalue weighted by atomic mass is 9.99. The number of amides is 1. The Morgan fingerprint density at radius 1 is 1.10 bits per heavy atom. The lowest BCUT2D eigenvalue weighted by Crippen LogP contribution is -2.29. The number of carbonyl (C=O) groups is 2. The summed E-state index contributed by atoms with van der Waals surface area (Å²) >= 11 is 5.92. The predicted molar refractivity (Wildman–Crippen MR) is 107 cm³/mol. The van der Waals surface area contributed by atoms with Gasteiger partial charge >= 0.3 is 0 Å². The summed E-state index contributed by atoms with van der Waals surface area (Å²) in [4.78, 5) is 31.1. The van der Waals surface area contributed by atoms with Gasteiger partial charge in [-0.3, -0.25) is 14.6 Å². The third kappa shape index (κ3) is 3.54. The molecule has 1 fully saturated rings. The van der Waals surface area contributed by atoms with Gasteiger partial charge in [-0.15, -0.1) is 0 Å². The highest BCUT2D eigenvalue weighted by Gasteiger charge is 2.47. The molecule has 146 valence electrons. The van der Waals surface area contributed by atoms with Gasteiger partial charge in [0.05, 0.1) is 5.57 Å². The van der Waals surface area contributed by atoms with Gasteiger partial charge in [0.25, 0.3) is 11.7 Å². The molecule has 0 radical (unpaired) electrons. The summed E-state index contributed by atoms with van der Waals surface area (Å²) < 4.78 is 5.74. The van der Waals surface area contributed by atoms with E-state index in [1.807, 2.05) is 0 Å². The van der Waals surface area contributed by atoms with E-state index in [0.29, 0.717) is 22.1 Å². The molecule has 6 nitrogen and oxygen atoms in total. The van der Waals surface area contributed by atoms with Crippen molar-refractivity contribution >= 4 is 29.1 Å². The fourth-order valence-corrected chi connectivity index (χ4v) is 3.51. The van der Waals surface area contributed by atoms with Gasteiger partial charge in [0, 0.05) is 29.5 Å². The van der Waals surface area contributed by atoms with E-state index in [2.05, 4.69) is 4.98 Å². The molecule has 0 bridgehead atoms.